The first-order valence-corrected chi connectivity index (χ1v) is 10.4. The lowest BCUT2D eigenvalue weighted by Crippen LogP contribution is -2.61. The molecule has 3 nitrogen and oxygen atoms in total. The summed E-state index contributed by atoms with van der Waals surface area (Å²) in [7, 11) is 0. The van der Waals surface area contributed by atoms with E-state index in [1.54, 1.807) is 0 Å². The standard InChI is InChI=1S/C21H43N2O/c1-7-9-10-11-12-13-15-24-23-20(3,4)16-18(17-21(23,5)6)19(22)14-8-2/h18-19,22H,7-17H2,1-6H3. The fourth-order valence-electron chi connectivity index (χ4n) is 4.56. The van der Waals surface area contributed by atoms with E-state index in [1.165, 1.54) is 32.1 Å². The van der Waals surface area contributed by atoms with Crippen molar-refractivity contribution < 1.29 is 4.84 Å². The molecule has 24 heavy (non-hydrogen) atoms. The third-order valence-electron chi connectivity index (χ3n) is 5.51. The number of hydroxylamine groups is 2. The molecule has 0 aliphatic carbocycles. The fourth-order valence-corrected chi connectivity index (χ4v) is 4.56. The predicted molar refractivity (Wildman–Crippen MR) is 104 cm³/mol. The Morgan fingerprint density at radius 3 is 2.00 bits per heavy atom. The Bertz CT molecular complexity index is 323. The lowest BCUT2D eigenvalue weighted by Gasteiger charge is -2.54. The highest BCUT2D eigenvalue weighted by Crippen LogP contribution is 2.43. The maximum absolute atomic E-state index is 8.47. The molecule has 0 aromatic carbocycles. The number of rotatable bonds is 11. The Balaban J connectivity index is 2.49. The molecule has 1 N–H and O–H groups in total. The molecule has 1 heterocycles. The second-order valence-electron chi connectivity index (χ2n) is 9.08. The monoisotopic (exact) mass is 339 g/mol. The molecule has 1 unspecified atom stereocenters. The normalized spacial score (nSPS) is 22.6. The third-order valence-corrected chi connectivity index (χ3v) is 5.51. The Labute approximate surface area is 151 Å². The predicted octanol–water partition coefficient (Wildman–Crippen LogP) is 6.00. The summed E-state index contributed by atoms with van der Waals surface area (Å²) < 4.78 is 0. The number of nitrogens with zero attached hydrogens (tertiary/aromatic N) is 1. The van der Waals surface area contributed by atoms with E-state index in [9.17, 15) is 0 Å². The van der Waals surface area contributed by atoms with E-state index in [0.717, 1.165) is 38.7 Å². The zero-order valence-electron chi connectivity index (χ0n) is 17.3. The summed E-state index contributed by atoms with van der Waals surface area (Å²) in [5, 5.41) is 2.27. The smallest absolute Gasteiger partial charge is 0.0685 e. The van der Waals surface area contributed by atoms with Gasteiger partial charge in [0, 0.05) is 17.1 Å². The molecule has 1 fully saturated rings. The van der Waals surface area contributed by atoms with Gasteiger partial charge in [0.1, 0.15) is 0 Å². The molecule has 0 bridgehead atoms. The minimum atomic E-state index is 0.0155. The van der Waals surface area contributed by atoms with Crippen LogP contribution < -0.4 is 5.73 Å². The molecule has 0 amide bonds. The molecule has 143 valence electrons. The SMILES string of the molecule is CCCCCCCCON1C(C)(C)CC(C([NH])CCC)CC1(C)C. The van der Waals surface area contributed by atoms with Gasteiger partial charge < -0.3 is 0 Å². The van der Waals surface area contributed by atoms with Crippen LogP contribution in [0.25, 0.3) is 0 Å². The van der Waals surface area contributed by atoms with E-state index < -0.39 is 0 Å². The summed E-state index contributed by atoms with van der Waals surface area (Å²) in [5.41, 5.74) is 8.51. The molecular weight excluding hydrogens is 296 g/mol. The van der Waals surface area contributed by atoms with Crippen LogP contribution in [0.3, 0.4) is 0 Å². The van der Waals surface area contributed by atoms with Gasteiger partial charge in [0.05, 0.1) is 6.61 Å². The highest BCUT2D eigenvalue weighted by molar-refractivity contribution is 4.98. The van der Waals surface area contributed by atoms with Crippen LogP contribution in [-0.4, -0.2) is 28.8 Å². The summed E-state index contributed by atoms with van der Waals surface area (Å²) in [4.78, 5) is 6.28. The molecule has 1 aliphatic rings. The van der Waals surface area contributed by atoms with Crippen LogP contribution in [0.15, 0.2) is 0 Å². The first-order valence-electron chi connectivity index (χ1n) is 10.4. The molecule has 1 radical (unpaired) electrons. The van der Waals surface area contributed by atoms with Gasteiger partial charge in [-0.05, 0) is 59.3 Å². The Morgan fingerprint density at radius 1 is 0.917 bits per heavy atom. The van der Waals surface area contributed by atoms with Crippen molar-refractivity contribution in [3.05, 3.63) is 0 Å². The lowest BCUT2D eigenvalue weighted by atomic mass is 9.72. The van der Waals surface area contributed by atoms with Crippen LogP contribution in [0.5, 0.6) is 0 Å². The maximum Gasteiger partial charge on any atom is 0.0685 e. The van der Waals surface area contributed by atoms with Gasteiger partial charge in [-0.1, -0.05) is 52.4 Å². The van der Waals surface area contributed by atoms with Crippen molar-refractivity contribution >= 4 is 0 Å². The molecule has 1 saturated heterocycles. The highest BCUT2D eigenvalue weighted by atomic mass is 16.7. The van der Waals surface area contributed by atoms with Gasteiger partial charge in [-0.2, -0.15) is 5.06 Å². The van der Waals surface area contributed by atoms with Gasteiger partial charge in [-0.15, -0.1) is 0 Å². The van der Waals surface area contributed by atoms with Gasteiger partial charge in [-0.3, -0.25) is 10.6 Å². The molecule has 0 aromatic heterocycles. The average molecular weight is 340 g/mol. The number of piperidine rings is 1. The van der Waals surface area contributed by atoms with Crippen molar-refractivity contribution in [2.45, 2.75) is 123 Å². The Morgan fingerprint density at radius 2 is 1.46 bits per heavy atom. The van der Waals surface area contributed by atoms with Gasteiger partial charge in [0.25, 0.3) is 0 Å². The number of hydrogen-bond donors (Lipinski definition) is 0. The van der Waals surface area contributed by atoms with E-state index in [-0.39, 0.29) is 17.1 Å². The van der Waals surface area contributed by atoms with Crippen LogP contribution in [-0.2, 0) is 4.84 Å². The van der Waals surface area contributed by atoms with E-state index >= 15 is 0 Å². The lowest BCUT2D eigenvalue weighted by molar-refractivity contribution is -0.289. The molecule has 1 aliphatic heterocycles. The van der Waals surface area contributed by atoms with Crippen molar-refractivity contribution in [1.29, 1.82) is 0 Å². The summed E-state index contributed by atoms with van der Waals surface area (Å²) in [5.74, 6) is 0.490. The van der Waals surface area contributed by atoms with Crippen molar-refractivity contribution in [3.8, 4) is 0 Å². The minimum absolute atomic E-state index is 0.0155. The minimum Gasteiger partial charge on any atom is -0.298 e. The van der Waals surface area contributed by atoms with Crippen LogP contribution in [0.1, 0.15) is 106 Å². The molecule has 0 saturated carbocycles. The highest BCUT2D eigenvalue weighted by Gasteiger charge is 2.47. The number of unbranched alkanes of at least 4 members (excludes halogenated alkanes) is 5. The second kappa shape index (κ2) is 10.1. The second-order valence-corrected chi connectivity index (χ2v) is 9.08. The molecule has 1 atom stereocenters. The maximum atomic E-state index is 8.47. The van der Waals surface area contributed by atoms with Crippen molar-refractivity contribution in [1.82, 2.24) is 10.8 Å². The first kappa shape index (κ1) is 21.9. The molecular formula is C21H43N2O. The van der Waals surface area contributed by atoms with Crippen LogP contribution in [0.4, 0.5) is 0 Å². The number of hydrogen-bond acceptors (Lipinski definition) is 2. The summed E-state index contributed by atoms with van der Waals surface area (Å²) in [6.07, 6.45) is 12.1. The van der Waals surface area contributed by atoms with E-state index in [4.69, 9.17) is 10.6 Å². The Kier molecular flexibility index (Phi) is 9.25. The fraction of sp³-hybridized carbons (Fsp3) is 1.00. The van der Waals surface area contributed by atoms with Crippen molar-refractivity contribution in [2.24, 2.45) is 5.92 Å². The Hall–Kier alpha value is -0.120. The largest absolute Gasteiger partial charge is 0.298 e. The van der Waals surface area contributed by atoms with Crippen LogP contribution in [0, 0.1) is 5.92 Å². The van der Waals surface area contributed by atoms with Crippen molar-refractivity contribution in [2.75, 3.05) is 6.61 Å². The first-order chi connectivity index (χ1) is 11.2. The quantitative estimate of drug-likeness (QED) is 0.433. The van der Waals surface area contributed by atoms with E-state index in [2.05, 4.69) is 46.6 Å². The van der Waals surface area contributed by atoms with E-state index in [0.29, 0.717) is 5.92 Å². The molecule has 0 spiro atoms. The van der Waals surface area contributed by atoms with Crippen LogP contribution in [0.2, 0.25) is 0 Å². The van der Waals surface area contributed by atoms with Gasteiger partial charge >= 0.3 is 0 Å². The van der Waals surface area contributed by atoms with Crippen molar-refractivity contribution in [3.63, 3.8) is 0 Å². The summed E-state index contributed by atoms with van der Waals surface area (Å²) in [6.45, 7) is 14.5. The molecule has 3 heteroatoms. The zero-order chi connectivity index (χ0) is 18.2. The topological polar surface area (TPSA) is 36.3 Å². The zero-order valence-corrected chi connectivity index (χ0v) is 17.3. The third kappa shape index (κ3) is 6.65. The summed E-state index contributed by atoms with van der Waals surface area (Å²) >= 11 is 0. The summed E-state index contributed by atoms with van der Waals surface area (Å²) in [6, 6.07) is 0.0780. The average Bonchev–Trinajstić information content (AvgIpc) is 2.47. The van der Waals surface area contributed by atoms with Crippen LogP contribution >= 0.6 is 0 Å². The van der Waals surface area contributed by atoms with Gasteiger partial charge in [0.2, 0.25) is 0 Å². The molecule has 1 rings (SSSR count). The van der Waals surface area contributed by atoms with Gasteiger partial charge in [-0.25, -0.2) is 0 Å². The van der Waals surface area contributed by atoms with E-state index in [1.807, 2.05) is 0 Å². The number of nitrogens with one attached hydrogen (secondary N) is 1. The van der Waals surface area contributed by atoms with Gasteiger partial charge in [0.15, 0.2) is 0 Å². The molecule has 0 aromatic rings.